The summed E-state index contributed by atoms with van der Waals surface area (Å²) in [5, 5.41) is 5.90. The Morgan fingerprint density at radius 1 is 1.07 bits per heavy atom. The molecule has 2 aliphatic rings. The third kappa shape index (κ3) is 5.00. The zero-order valence-electron chi connectivity index (χ0n) is 17.1. The molecule has 160 valence electrons. The van der Waals surface area contributed by atoms with E-state index in [-0.39, 0.29) is 18.9 Å². The van der Waals surface area contributed by atoms with Crippen molar-refractivity contribution in [3.05, 3.63) is 42.5 Å². The number of carbonyl (C=O) groups is 1. The second kappa shape index (κ2) is 9.47. The molecule has 2 N–H and O–H groups in total. The summed E-state index contributed by atoms with van der Waals surface area (Å²) in [6.45, 7) is 2.85. The predicted octanol–water partition coefficient (Wildman–Crippen LogP) is 2.77. The Balaban J connectivity index is 1.13. The Labute approximate surface area is 176 Å². The number of urea groups is 1. The van der Waals surface area contributed by atoms with Crippen molar-refractivity contribution < 1.29 is 23.7 Å². The normalized spacial score (nSPS) is 15.6. The van der Waals surface area contributed by atoms with Gasteiger partial charge in [-0.25, -0.2) is 4.79 Å². The van der Waals surface area contributed by atoms with Gasteiger partial charge in [-0.3, -0.25) is 0 Å². The number of ether oxygens (including phenoxy) is 4. The summed E-state index contributed by atoms with van der Waals surface area (Å²) in [6, 6.07) is 13.5. The van der Waals surface area contributed by atoms with E-state index in [9.17, 15) is 4.79 Å². The van der Waals surface area contributed by atoms with E-state index < -0.39 is 0 Å². The lowest BCUT2D eigenvalue weighted by molar-refractivity contribution is 0.173. The fourth-order valence-corrected chi connectivity index (χ4v) is 3.61. The fraction of sp³-hybridized carbons (Fsp3) is 0.409. The third-order valence-corrected chi connectivity index (χ3v) is 5.27. The van der Waals surface area contributed by atoms with Gasteiger partial charge in [0.1, 0.15) is 18.1 Å². The molecule has 0 aliphatic carbocycles. The number of carbonyl (C=O) groups excluding carboxylic acids is 1. The number of nitrogens with one attached hydrogen (secondary N) is 2. The molecule has 8 nitrogen and oxygen atoms in total. The molecular weight excluding hydrogens is 386 g/mol. The van der Waals surface area contributed by atoms with E-state index in [1.807, 2.05) is 24.3 Å². The molecule has 2 aromatic rings. The molecule has 1 fully saturated rings. The average molecular weight is 413 g/mol. The minimum absolute atomic E-state index is 0.160. The van der Waals surface area contributed by atoms with Crippen LogP contribution < -0.4 is 34.5 Å². The molecule has 2 heterocycles. The van der Waals surface area contributed by atoms with E-state index in [0.717, 1.165) is 37.4 Å². The van der Waals surface area contributed by atoms with Gasteiger partial charge in [-0.05, 0) is 49.2 Å². The van der Waals surface area contributed by atoms with E-state index in [2.05, 4.69) is 27.7 Å². The molecule has 0 radical (unpaired) electrons. The summed E-state index contributed by atoms with van der Waals surface area (Å²) in [4.78, 5) is 14.5. The van der Waals surface area contributed by atoms with Crippen LogP contribution in [0.15, 0.2) is 42.5 Å². The topological polar surface area (TPSA) is 81.3 Å². The molecule has 4 rings (SSSR count). The number of hydrogen-bond acceptors (Lipinski definition) is 6. The summed E-state index contributed by atoms with van der Waals surface area (Å²) in [5.74, 6) is 2.94. The van der Waals surface area contributed by atoms with Crippen molar-refractivity contribution in [1.82, 2.24) is 10.6 Å². The molecule has 1 saturated heterocycles. The molecule has 2 aromatic carbocycles. The van der Waals surface area contributed by atoms with Crippen molar-refractivity contribution in [2.75, 3.05) is 45.0 Å². The number of anilines is 1. The van der Waals surface area contributed by atoms with Crippen LogP contribution in [0, 0.1) is 0 Å². The van der Waals surface area contributed by atoms with Crippen LogP contribution in [0.4, 0.5) is 10.5 Å². The molecule has 0 spiro atoms. The summed E-state index contributed by atoms with van der Waals surface area (Å²) in [6.07, 6.45) is 1.82. The summed E-state index contributed by atoms with van der Waals surface area (Å²) in [5.41, 5.74) is 1.18. The van der Waals surface area contributed by atoms with Crippen molar-refractivity contribution in [2.45, 2.75) is 18.9 Å². The van der Waals surface area contributed by atoms with Crippen molar-refractivity contribution in [1.29, 1.82) is 0 Å². The van der Waals surface area contributed by atoms with Crippen molar-refractivity contribution >= 4 is 11.7 Å². The number of piperidine rings is 1. The van der Waals surface area contributed by atoms with Gasteiger partial charge in [0.25, 0.3) is 0 Å². The molecule has 0 atom stereocenters. The van der Waals surface area contributed by atoms with Crippen molar-refractivity contribution in [2.24, 2.45) is 0 Å². The van der Waals surface area contributed by atoms with E-state index >= 15 is 0 Å². The first-order chi connectivity index (χ1) is 14.7. The van der Waals surface area contributed by atoms with Gasteiger partial charge in [0.05, 0.1) is 13.7 Å². The van der Waals surface area contributed by atoms with Crippen LogP contribution in [0.1, 0.15) is 12.8 Å². The summed E-state index contributed by atoms with van der Waals surface area (Å²) in [7, 11) is 1.67. The first-order valence-corrected chi connectivity index (χ1v) is 10.2. The van der Waals surface area contributed by atoms with E-state index in [4.69, 9.17) is 18.9 Å². The molecule has 0 unspecified atom stereocenters. The zero-order valence-corrected chi connectivity index (χ0v) is 17.1. The maximum atomic E-state index is 12.2. The molecular formula is C22H27N3O5. The Kier molecular flexibility index (Phi) is 6.32. The van der Waals surface area contributed by atoms with Gasteiger partial charge in [0, 0.05) is 30.9 Å². The van der Waals surface area contributed by atoms with E-state index in [0.29, 0.717) is 24.7 Å². The van der Waals surface area contributed by atoms with Crippen LogP contribution in [-0.2, 0) is 0 Å². The van der Waals surface area contributed by atoms with E-state index in [1.165, 1.54) is 5.69 Å². The lowest BCUT2D eigenvalue weighted by atomic mass is 10.0. The Bertz CT molecular complexity index is 850. The quantitative estimate of drug-likeness (QED) is 0.680. The van der Waals surface area contributed by atoms with Gasteiger partial charge in [-0.2, -0.15) is 0 Å². The highest BCUT2D eigenvalue weighted by Crippen LogP contribution is 2.35. The fourth-order valence-electron chi connectivity index (χ4n) is 3.61. The second-order valence-corrected chi connectivity index (χ2v) is 7.22. The molecule has 30 heavy (non-hydrogen) atoms. The average Bonchev–Trinajstić information content (AvgIpc) is 3.25. The van der Waals surface area contributed by atoms with Crippen LogP contribution in [0.2, 0.25) is 0 Å². The smallest absolute Gasteiger partial charge is 0.315 e. The van der Waals surface area contributed by atoms with Crippen molar-refractivity contribution in [3.63, 3.8) is 0 Å². The maximum Gasteiger partial charge on any atom is 0.315 e. The predicted molar refractivity (Wildman–Crippen MR) is 113 cm³/mol. The van der Waals surface area contributed by atoms with Crippen molar-refractivity contribution in [3.8, 4) is 23.0 Å². The molecule has 2 aliphatic heterocycles. The number of benzene rings is 2. The Morgan fingerprint density at radius 3 is 2.57 bits per heavy atom. The minimum Gasteiger partial charge on any atom is -0.497 e. The molecule has 0 bridgehead atoms. The number of fused-ring (bicyclic) bond motifs is 1. The lowest BCUT2D eigenvalue weighted by Gasteiger charge is -2.34. The number of rotatable bonds is 7. The number of methoxy groups -OCH3 is 1. The monoisotopic (exact) mass is 413 g/mol. The van der Waals surface area contributed by atoms with Crippen LogP contribution in [0.3, 0.4) is 0 Å². The largest absolute Gasteiger partial charge is 0.497 e. The number of nitrogens with zero attached hydrogens (tertiary/aromatic N) is 1. The molecule has 8 heteroatoms. The second-order valence-electron chi connectivity index (χ2n) is 7.22. The summed E-state index contributed by atoms with van der Waals surface area (Å²) >= 11 is 0. The van der Waals surface area contributed by atoms with Gasteiger partial charge >= 0.3 is 6.03 Å². The summed E-state index contributed by atoms with van der Waals surface area (Å²) < 4.78 is 21.5. The highest BCUT2D eigenvalue weighted by molar-refractivity contribution is 5.74. The maximum absolute atomic E-state index is 12.2. The minimum atomic E-state index is -0.160. The first kappa shape index (κ1) is 20.0. The number of amides is 2. The lowest BCUT2D eigenvalue weighted by Crippen LogP contribution is -2.48. The standard InChI is InChI=1S/C22H27N3O5/c1-27-18-4-2-17(3-5-18)25-11-8-16(9-12-25)24-22(26)23-10-13-28-19-6-7-20-21(14-19)30-15-29-20/h2-7,14,16H,8-13,15H2,1H3,(H2,23,24,26). The van der Waals surface area contributed by atoms with Crippen LogP contribution >= 0.6 is 0 Å². The van der Waals surface area contributed by atoms with Crippen LogP contribution in [0.5, 0.6) is 23.0 Å². The Hall–Kier alpha value is -3.29. The van der Waals surface area contributed by atoms with Gasteiger partial charge in [0.2, 0.25) is 6.79 Å². The number of hydrogen-bond donors (Lipinski definition) is 2. The SMILES string of the molecule is COc1ccc(N2CCC(NC(=O)NCCOc3ccc4c(c3)OCO4)CC2)cc1. The molecule has 0 saturated carbocycles. The van der Waals surface area contributed by atoms with Gasteiger partial charge in [0.15, 0.2) is 11.5 Å². The molecule has 2 amide bonds. The Morgan fingerprint density at radius 2 is 1.80 bits per heavy atom. The van der Waals surface area contributed by atoms with Gasteiger partial charge < -0.3 is 34.5 Å². The van der Waals surface area contributed by atoms with Crippen LogP contribution in [-0.4, -0.2) is 52.2 Å². The highest BCUT2D eigenvalue weighted by Gasteiger charge is 2.21. The molecule has 0 aromatic heterocycles. The van der Waals surface area contributed by atoms with Crippen LogP contribution in [0.25, 0.3) is 0 Å². The zero-order chi connectivity index (χ0) is 20.8. The van der Waals surface area contributed by atoms with Gasteiger partial charge in [-0.1, -0.05) is 0 Å². The third-order valence-electron chi connectivity index (χ3n) is 5.27. The van der Waals surface area contributed by atoms with Gasteiger partial charge in [-0.15, -0.1) is 0 Å². The first-order valence-electron chi connectivity index (χ1n) is 10.2. The highest BCUT2D eigenvalue weighted by atomic mass is 16.7. The van der Waals surface area contributed by atoms with E-state index in [1.54, 1.807) is 13.2 Å².